The molecule has 2 heterocycles. The largest absolute Gasteiger partial charge is 0.507 e. The Balaban J connectivity index is 1.79. The van der Waals surface area contributed by atoms with Gasteiger partial charge in [-0.2, -0.15) is 0 Å². The molecule has 188 valence electrons. The summed E-state index contributed by atoms with van der Waals surface area (Å²) >= 11 is 1.30. The average Bonchev–Trinajstić information content (AvgIpc) is 3.45. The van der Waals surface area contributed by atoms with E-state index in [0.29, 0.717) is 39.0 Å². The maximum atomic E-state index is 13.6. The van der Waals surface area contributed by atoms with Crippen molar-refractivity contribution in [2.75, 3.05) is 26.2 Å². The highest BCUT2D eigenvalue weighted by Crippen LogP contribution is 2.48. The highest BCUT2D eigenvalue weighted by molar-refractivity contribution is 7.22. The second kappa shape index (κ2) is 9.59. The molecule has 0 bridgehead atoms. The van der Waals surface area contributed by atoms with E-state index in [4.69, 9.17) is 14.2 Å². The van der Waals surface area contributed by atoms with Gasteiger partial charge in [0, 0.05) is 11.1 Å². The van der Waals surface area contributed by atoms with Gasteiger partial charge in [-0.1, -0.05) is 41.7 Å². The lowest BCUT2D eigenvalue weighted by Crippen LogP contribution is -2.29. The van der Waals surface area contributed by atoms with E-state index in [1.165, 1.54) is 37.6 Å². The van der Waals surface area contributed by atoms with Gasteiger partial charge in [0.1, 0.15) is 17.6 Å². The van der Waals surface area contributed by atoms with Crippen LogP contribution in [0.25, 0.3) is 16.0 Å². The molecule has 0 radical (unpaired) electrons. The summed E-state index contributed by atoms with van der Waals surface area (Å²) in [5.74, 6) is -0.690. The van der Waals surface area contributed by atoms with Gasteiger partial charge in [0.15, 0.2) is 16.6 Å². The number of amides is 1. The Kier molecular flexibility index (Phi) is 6.31. The van der Waals surface area contributed by atoms with Crippen LogP contribution in [0.3, 0.4) is 0 Å². The second-order valence-corrected chi connectivity index (χ2v) is 9.46. The summed E-state index contributed by atoms with van der Waals surface area (Å²) < 4.78 is 17.3. The Bertz CT molecular complexity index is 1570. The van der Waals surface area contributed by atoms with Gasteiger partial charge in [-0.15, -0.1) is 0 Å². The van der Waals surface area contributed by atoms with Crippen LogP contribution in [0.4, 0.5) is 5.13 Å². The quantitative estimate of drug-likeness (QED) is 0.212. The number of aryl methyl sites for hydroxylation is 1. The number of carbonyl (C=O) groups excluding carboxylic acids is 2. The van der Waals surface area contributed by atoms with Gasteiger partial charge in [0.25, 0.3) is 5.78 Å². The lowest BCUT2D eigenvalue weighted by molar-refractivity contribution is -0.132. The summed E-state index contributed by atoms with van der Waals surface area (Å²) in [5.41, 5.74) is 2.48. The van der Waals surface area contributed by atoms with E-state index in [-0.39, 0.29) is 11.3 Å². The van der Waals surface area contributed by atoms with E-state index in [0.717, 1.165) is 10.3 Å². The molecular weight excluding hydrogens is 492 g/mol. The van der Waals surface area contributed by atoms with Gasteiger partial charge in [0.2, 0.25) is 0 Å². The first-order valence-corrected chi connectivity index (χ1v) is 12.2. The molecule has 3 aromatic carbocycles. The van der Waals surface area contributed by atoms with Crippen LogP contribution in [-0.2, 0) is 9.59 Å². The number of nitrogens with zero attached hydrogens (tertiary/aromatic N) is 2. The van der Waals surface area contributed by atoms with E-state index < -0.39 is 17.7 Å². The number of fused-ring (bicyclic) bond motifs is 1. The third-order valence-electron chi connectivity index (χ3n) is 6.25. The van der Waals surface area contributed by atoms with Crippen LogP contribution in [0, 0.1) is 6.92 Å². The van der Waals surface area contributed by atoms with Crippen LogP contribution in [0.15, 0.2) is 66.2 Å². The number of anilines is 1. The van der Waals surface area contributed by atoms with Gasteiger partial charge in [-0.3, -0.25) is 14.5 Å². The van der Waals surface area contributed by atoms with E-state index in [1.54, 1.807) is 42.5 Å². The first-order valence-electron chi connectivity index (χ1n) is 11.4. The molecular formula is C28H24N2O6S. The predicted octanol–water partition coefficient (Wildman–Crippen LogP) is 5.26. The molecule has 4 aromatic rings. The normalized spacial score (nSPS) is 16.9. The van der Waals surface area contributed by atoms with Crippen molar-refractivity contribution in [3.05, 3.63) is 82.9 Å². The zero-order valence-corrected chi connectivity index (χ0v) is 21.5. The number of aromatic nitrogens is 1. The van der Waals surface area contributed by atoms with Gasteiger partial charge < -0.3 is 19.3 Å². The number of ether oxygens (including phenoxy) is 3. The monoisotopic (exact) mass is 516 g/mol. The molecule has 0 aliphatic carbocycles. The van der Waals surface area contributed by atoms with Crippen LogP contribution < -0.4 is 19.1 Å². The fraction of sp³-hybridized carbons (Fsp3) is 0.179. The van der Waals surface area contributed by atoms with E-state index >= 15 is 0 Å². The molecule has 1 fully saturated rings. The summed E-state index contributed by atoms with van der Waals surface area (Å²) in [6, 6.07) is 16.6. The number of carbonyl (C=O) groups is 2. The molecule has 1 saturated heterocycles. The van der Waals surface area contributed by atoms with Crippen molar-refractivity contribution in [2.24, 2.45) is 0 Å². The minimum atomic E-state index is -1.02. The number of rotatable bonds is 6. The Hall–Kier alpha value is -4.37. The third kappa shape index (κ3) is 4.07. The Morgan fingerprint density at radius 1 is 0.973 bits per heavy atom. The molecule has 0 saturated carbocycles. The number of thiazole rings is 1. The number of benzene rings is 3. The van der Waals surface area contributed by atoms with Crippen molar-refractivity contribution in [2.45, 2.75) is 13.0 Å². The topological polar surface area (TPSA) is 98.2 Å². The van der Waals surface area contributed by atoms with Gasteiger partial charge in [0.05, 0.1) is 37.1 Å². The number of aliphatic hydroxyl groups is 1. The van der Waals surface area contributed by atoms with Crippen LogP contribution >= 0.6 is 11.3 Å². The second-order valence-electron chi connectivity index (χ2n) is 8.45. The summed E-state index contributed by atoms with van der Waals surface area (Å²) in [6.07, 6.45) is 0. The Labute approximate surface area is 217 Å². The van der Waals surface area contributed by atoms with Crippen molar-refractivity contribution in [3.63, 3.8) is 0 Å². The molecule has 1 amide bonds. The molecule has 8 nitrogen and oxygen atoms in total. The summed E-state index contributed by atoms with van der Waals surface area (Å²) in [4.78, 5) is 33.1. The molecule has 5 rings (SSSR count). The third-order valence-corrected chi connectivity index (χ3v) is 7.27. The molecule has 1 N–H and O–H groups in total. The number of para-hydroxylation sites is 1. The zero-order chi connectivity index (χ0) is 26.3. The van der Waals surface area contributed by atoms with Gasteiger partial charge >= 0.3 is 5.91 Å². The van der Waals surface area contributed by atoms with Crippen LogP contribution in [0.1, 0.15) is 22.7 Å². The highest BCUT2D eigenvalue weighted by atomic mass is 32.1. The molecule has 1 aliphatic heterocycles. The van der Waals surface area contributed by atoms with Gasteiger partial charge in [-0.25, -0.2) is 4.98 Å². The SMILES string of the molecule is COc1cccc(/C(O)=C2\C(=O)C(=O)N(c3nc4ccc(C)cc4s3)[C@@H]2c2cccc(OC)c2OC)c1. The predicted molar refractivity (Wildman–Crippen MR) is 142 cm³/mol. The van der Waals surface area contributed by atoms with Crippen molar-refractivity contribution >= 4 is 44.1 Å². The molecule has 1 atom stereocenters. The number of aliphatic hydroxyl groups excluding tert-OH is 1. The first kappa shape index (κ1) is 24.3. The highest BCUT2D eigenvalue weighted by Gasteiger charge is 2.49. The number of hydrogen-bond acceptors (Lipinski definition) is 8. The summed E-state index contributed by atoms with van der Waals surface area (Å²) in [6.45, 7) is 1.97. The molecule has 1 aromatic heterocycles. The summed E-state index contributed by atoms with van der Waals surface area (Å²) in [7, 11) is 4.49. The maximum Gasteiger partial charge on any atom is 0.301 e. The van der Waals surface area contributed by atoms with Gasteiger partial charge in [-0.05, 0) is 42.8 Å². The van der Waals surface area contributed by atoms with E-state index in [1.807, 2.05) is 25.1 Å². The van der Waals surface area contributed by atoms with Crippen LogP contribution in [0.2, 0.25) is 0 Å². The standard InChI is InChI=1S/C28H24N2O6S/c1-15-11-12-19-21(13-15)37-28(29-19)30-23(18-9-6-10-20(35-3)26(18)36-4)22(25(32)27(30)33)24(31)16-7-5-8-17(14-16)34-2/h5-14,23,31H,1-4H3/b24-22+/t23-/m1/s1. The lowest BCUT2D eigenvalue weighted by atomic mass is 9.94. The van der Waals surface area contributed by atoms with Crippen LogP contribution in [-0.4, -0.2) is 43.1 Å². The summed E-state index contributed by atoms with van der Waals surface area (Å²) in [5, 5.41) is 11.8. The van der Waals surface area contributed by atoms with E-state index in [9.17, 15) is 14.7 Å². The number of methoxy groups -OCH3 is 3. The minimum Gasteiger partial charge on any atom is -0.507 e. The average molecular weight is 517 g/mol. The molecule has 9 heteroatoms. The Morgan fingerprint density at radius 3 is 2.49 bits per heavy atom. The zero-order valence-electron chi connectivity index (χ0n) is 20.6. The van der Waals surface area contributed by atoms with Crippen LogP contribution in [0.5, 0.6) is 17.2 Å². The van der Waals surface area contributed by atoms with Crippen molar-refractivity contribution in [3.8, 4) is 17.2 Å². The number of Topliss-reactive ketones (excluding diaryl/α,β-unsaturated/α-hetero) is 1. The first-order chi connectivity index (χ1) is 17.9. The maximum absolute atomic E-state index is 13.6. The fourth-order valence-electron chi connectivity index (χ4n) is 4.50. The fourth-order valence-corrected chi connectivity index (χ4v) is 5.59. The molecule has 0 spiro atoms. The minimum absolute atomic E-state index is 0.0831. The molecule has 37 heavy (non-hydrogen) atoms. The van der Waals surface area contributed by atoms with Crippen molar-refractivity contribution in [1.82, 2.24) is 4.98 Å². The molecule has 0 unspecified atom stereocenters. The lowest BCUT2D eigenvalue weighted by Gasteiger charge is -2.25. The van der Waals surface area contributed by atoms with Crippen molar-refractivity contribution < 1.29 is 28.9 Å². The number of hydrogen-bond donors (Lipinski definition) is 1. The van der Waals surface area contributed by atoms with Crippen molar-refractivity contribution in [1.29, 1.82) is 0 Å². The smallest absolute Gasteiger partial charge is 0.301 e. The Morgan fingerprint density at radius 2 is 1.76 bits per heavy atom. The molecule has 1 aliphatic rings. The van der Waals surface area contributed by atoms with E-state index in [2.05, 4.69) is 4.98 Å². The number of ketones is 1.